The third-order valence-electron chi connectivity index (χ3n) is 1.16. The van der Waals surface area contributed by atoms with Gasteiger partial charge in [-0.05, 0) is 12.1 Å². The minimum atomic E-state index is -5.09. The first kappa shape index (κ1) is 9.05. The van der Waals surface area contributed by atoms with E-state index >= 15 is 0 Å². The van der Waals surface area contributed by atoms with Crippen molar-refractivity contribution in [2.45, 2.75) is 4.90 Å². The Balaban J connectivity index is 3.39. The first-order chi connectivity index (χ1) is 5.41. The zero-order valence-corrected chi connectivity index (χ0v) is 6.41. The average molecular weight is 196 g/mol. The first-order valence-corrected chi connectivity index (χ1v) is 4.19. The largest absolute Gasteiger partial charge is 0.335 e. The minimum Gasteiger partial charge on any atom is -0.207 e. The van der Waals surface area contributed by atoms with Gasteiger partial charge in [0.1, 0.15) is 16.5 Å². The van der Waals surface area contributed by atoms with Crippen molar-refractivity contribution in [2.24, 2.45) is 0 Å². The van der Waals surface area contributed by atoms with Gasteiger partial charge in [0.05, 0.1) is 0 Å². The van der Waals surface area contributed by atoms with Crippen LogP contribution >= 0.6 is 0 Å². The van der Waals surface area contributed by atoms with E-state index in [1.807, 2.05) is 0 Å². The second-order valence-electron chi connectivity index (χ2n) is 2.01. The maximum absolute atomic E-state index is 12.5. The van der Waals surface area contributed by atoms with E-state index in [1.165, 1.54) is 0 Å². The van der Waals surface area contributed by atoms with Crippen LogP contribution in [0.15, 0.2) is 23.1 Å². The van der Waals surface area contributed by atoms with E-state index in [2.05, 4.69) is 0 Å². The number of benzene rings is 1. The van der Waals surface area contributed by atoms with Gasteiger partial charge in [0, 0.05) is 6.07 Å². The number of rotatable bonds is 1. The molecule has 0 aliphatic rings. The van der Waals surface area contributed by atoms with Crippen LogP contribution in [0.5, 0.6) is 0 Å². The maximum atomic E-state index is 12.5. The fourth-order valence-corrected chi connectivity index (χ4v) is 1.20. The van der Waals surface area contributed by atoms with Crippen molar-refractivity contribution in [3.8, 4) is 0 Å². The predicted molar refractivity (Wildman–Crippen MR) is 34.7 cm³/mol. The van der Waals surface area contributed by atoms with Crippen molar-refractivity contribution in [1.82, 2.24) is 0 Å². The fourth-order valence-electron chi connectivity index (χ4n) is 0.673. The zero-order valence-electron chi connectivity index (χ0n) is 5.59. The second kappa shape index (κ2) is 2.78. The highest BCUT2D eigenvalue weighted by Crippen LogP contribution is 2.17. The molecule has 0 atom stereocenters. The van der Waals surface area contributed by atoms with Gasteiger partial charge < -0.3 is 0 Å². The summed E-state index contributed by atoms with van der Waals surface area (Å²) in [6.07, 6.45) is 0. The monoisotopic (exact) mass is 196 g/mol. The molecule has 12 heavy (non-hydrogen) atoms. The molecule has 0 radical (unpaired) electrons. The van der Waals surface area contributed by atoms with Crippen LogP contribution in [0.25, 0.3) is 0 Å². The Morgan fingerprint density at radius 3 is 2.17 bits per heavy atom. The van der Waals surface area contributed by atoms with Gasteiger partial charge in [-0.3, -0.25) is 0 Å². The van der Waals surface area contributed by atoms with Gasteiger partial charge in [-0.1, -0.05) is 0 Å². The Morgan fingerprint density at radius 1 is 1.17 bits per heavy atom. The molecule has 0 heterocycles. The van der Waals surface area contributed by atoms with E-state index in [9.17, 15) is 21.1 Å². The van der Waals surface area contributed by atoms with Crippen molar-refractivity contribution < 1.29 is 21.1 Å². The molecule has 0 bridgehead atoms. The molecule has 1 rings (SSSR count). The lowest BCUT2D eigenvalue weighted by Gasteiger charge is -1.95. The molecule has 0 aromatic heterocycles. The maximum Gasteiger partial charge on any atom is 0.335 e. The standard InChI is InChI=1S/C6H3F3O2S/c7-4-1-2-6(5(8)3-4)12(9,10)11/h1-3H. The molecule has 0 fully saturated rings. The number of halogens is 3. The lowest BCUT2D eigenvalue weighted by Crippen LogP contribution is -1.96. The van der Waals surface area contributed by atoms with Crippen LogP contribution in [0.4, 0.5) is 12.7 Å². The van der Waals surface area contributed by atoms with Gasteiger partial charge in [-0.25, -0.2) is 8.78 Å². The van der Waals surface area contributed by atoms with Gasteiger partial charge in [-0.15, -0.1) is 3.89 Å². The molecule has 2 nitrogen and oxygen atoms in total. The molecule has 0 saturated heterocycles. The van der Waals surface area contributed by atoms with Crippen molar-refractivity contribution in [3.05, 3.63) is 29.8 Å². The molecule has 0 N–H and O–H groups in total. The first-order valence-electron chi connectivity index (χ1n) is 2.81. The molecular formula is C6H3F3O2S. The molecule has 0 saturated carbocycles. The molecule has 1 aromatic carbocycles. The molecule has 0 spiro atoms. The number of hydrogen-bond donors (Lipinski definition) is 0. The van der Waals surface area contributed by atoms with Crippen LogP contribution < -0.4 is 0 Å². The van der Waals surface area contributed by atoms with E-state index in [0.717, 1.165) is 0 Å². The lowest BCUT2D eigenvalue weighted by molar-refractivity contribution is 0.526. The van der Waals surface area contributed by atoms with E-state index in [-0.39, 0.29) is 0 Å². The summed E-state index contributed by atoms with van der Waals surface area (Å²) >= 11 is 0. The summed E-state index contributed by atoms with van der Waals surface area (Å²) in [5, 5.41) is 0. The summed E-state index contributed by atoms with van der Waals surface area (Å²) < 4.78 is 57.1. The summed E-state index contributed by atoms with van der Waals surface area (Å²) in [4.78, 5) is -1.15. The molecule has 0 unspecified atom stereocenters. The highest BCUT2D eigenvalue weighted by molar-refractivity contribution is 7.86. The summed E-state index contributed by atoms with van der Waals surface area (Å²) in [6, 6.07) is 1.49. The Hall–Kier alpha value is -1.04. The molecule has 0 amide bonds. The van der Waals surface area contributed by atoms with Gasteiger partial charge in [0.2, 0.25) is 0 Å². The molecule has 0 aliphatic carbocycles. The normalized spacial score (nSPS) is 11.6. The highest BCUT2D eigenvalue weighted by Gasteiger charge is 2.17. The summed E-state index contributed by atoms with van der Waals surface area (Å²) in [6.45, 7) is 0. The number of hydrogen-bond acceptors (Lipinski definition) is 2. The molecular weight excluding hydrogens is 193 g/mol. The van der Waals surface area contributed by atoms with Crippen LogP contribution in [0.1, 0.15) is 0 Å². The molecule has 66 valence electrons. The van der Waals surface area contributed by atoms with Gasteiger partial charge in [0.15, 0.2) is 0 Å². The van der Waals surface area contributed by atoms with Crippen LogP contribution in [0.3, 0.4) is 0 Å². The lowest BCUT2D eigenvalue weighted by atomic mass is 10.3. The third kappa shape index (κ3) is 1.76. The Labute approximate surface area is 66.8 Å². The topological polar surface area (TPSA) is 34.1 Å². The summed E-state index contributed by atoms with van der Waals surface area (Å²) in [7, 11) is -5.09. The predicted octanol–water partition coefficient (Wildman–Crippen LogP) is 1.62. The van der Waals surface area contributed by atoms with Crippen molar-refractivity contribution >= 4 is 10.2 Å². The molecule has 1 aromatic rings. The Bertz CT molecular complexity index is 399. The van der Waals surface area contributed by atoms with Crippen LogP contribution in [-0.2, 0) is 10.2 Å². The van der Waals surface area contributed by atoms with E-state index in [4.69, 9.17) is 0 Å². The van der Waals surface area contributed by atoms with Crippen LogP contribution in [-0.4, -0.2) is 8.42 Å². The van der Waals surface area contributed by atoms with Crippen molar-refractivity contribution in [1.29, 1.82) is 0 Å². The van der Waals surface area contributed by atoms with Crippen LogP contribution in [0, 0.1) is 11.6 Å². The van der Waals surface area contributed by atoms with E-state index < -0.39 is 26.8 Å². The zero-order chi connectivity index (χ0) is 9.35. The summed E-state index contributed by atoms with van der Waals surface area (Å²) in [5.41, 5.74) is 0. The Kier molecular flexibility index (Phi) is 2.10. The van der Waals surface area contributed by atoms with Crippen molar-refractivity contribution in [3.63, 3.8) is 0 Å². The van der Waals surface area contributed by atoms with Crippen molar-refractivity contribution in [2.75, 3.05) is 0 Å². The van der Waals surface area contributed by atoms with E-state index in [1.54, 1.807) is 0 Å². The van der Waals surface area contributed by atoms with E-state index in [0.29, 0.717) is 18.2 Å². The summed E-state index contributed by atoms with van der Waals surface area (Å²) in [5.74, 6) is -2.39. The van der Waals surface area contributed by atoms with Crippen LogP contribution in [0.2, 0.25) is 0 Å². The SMILES string of the molecule is O=S(=O)(F)c1ccc(F)cc1F. The third-order valence-corrected chi connectivity index (χ3v) is 2.01. The van der Waals surface area contributed by atoms with Gasteiger partial charge >= 0.3 is 10.2 Å². The smallest absolute Gasteiger partial charge is 0.207 e. The molecule has 0 aliphatic heterocycles. The highest BCUT2D eigenvalue weighted by atomic mass is 32.3. The molecule has 6 heteroatoms. The Morgan fingerprint density at radius 2 is 1.75 bits per heavy atom. The quantitative estimate of drug-likeness (QED) is 0.639. The van der Waals surface area contributed by atoms with Gasteiger partial charge in [0.25, 0.3) is 0 Å². The fraction of sp³-hybridized carbons (Fsp3) is 0. The van der Waals surface area contributed by atoms with Gasteiger partial charge in [-0.2, -0.15) is 8.42 Å². The second-order valence-corrected chi connectivity index (χ2v) is 3.33. The minimum absolute atomic E-state index is 0.298. The average Bonchev–Trinajstić information content (AvgIpc) is 1.83.